The monoisotopic (exact) mass is 197 g/mol. The number of hydrogen-bond acceptors (Lipinski definition) is 3. The van der Waals surface area contributed by atoms with Gasteiger partial charge in [0.1, 0.15) is 5.69 Å². The van der Waals surface area contributed by atoms with Gasteiger partial charge in [-0.25, -0.2) is 9.97 Å². The van der Waals surface area contributed by atoms with Crippen molar-refractivity contribution in [3.63, 3.8) is 0 Å². The molecule has 2 aliphatic heterocycles. The second-order valence-corrected chi connectivity index (χ2v) is 3.28. The number of rotatable bonds is 0. The summed E-state index contributed by atoms with van der Waals surface area (Å²) in [6, 6.07) is 7.71. The number of fused-ring (bicyclic) bond motifs is 3. The van der Waals surface area contributed by atoms with Gasteiger partial charge < -0.3 is 5.21 Å². The number of nitrogens with zero attached hydrogens (tertiary/aromatic N) is 3. The second-order valence-electron chi connectivity index (χ2n) is 3.28. The van der Waals surface area contributed by atoms with Gasteiger partial charge in [-0.05, 0) is 6.07 Å². The molecule has 3 rings (SSSR count). The maximum atomic E-state index is 11.2. The van der Waals surface area contributed by atoms with Gasteiger partial charge in [0.25, 0.3) is 0 Å². The Balaban J connectivity index is 2.48. The third-order valence-electron chi connectivity index (χ3n) is 2.31. The summed E-state index contributed by atoms with van der Waals surface area (Å²) >= 11 is 0. The fourth-order valence-electron chi connectivity index (χ4n) is 1.65. The first-order valence-electron chi connectivity index (χ1n) is 4.58. The zero-order valence-corrected chi connectivity index (χ0v) is 7.79. The molecule has 0 aliphatic carbocycles. The molecule has 4 heteroatoms. The highest BCUT2D eigenvalue weighted by Crippen LogP contribution is 2.26. The summed E-state index contributed by atoms with van der Waals surface area (Å²) in [5, 5.41) is 12.2. The van der Waals surface area contributed by atoms with Crippen LogP contribution in [0.4, 0.5) is 0 Å². The van der Waals surface area contributed by atoms with Crippen LogP contribution in [-0.2, 0) is 0 Å². The van der Waals surface area contributed by atoms with Crippen LogP contribution in [0.2, 0.25) is 0 Å². The normalized spacial score (nSPS) is 10.9. The van der Waals surface area contributed by atoms with Crippen molar-refractivity contribution in [1.29, 1.82) is 0 Å². The van der Waals surface area contributed by atoms with E-state index in [2.05, 4.69) is 9.97 Å². The van der Waals surface area contributed by atoms with Crippen LogP contribution in [0.15, 0.2) is 42.9 Å². The van der Waals surface area contributed by atoms with E-state index in [1.165, 1.54) is 18.6 Å². The van der Waals surface area contributed by atoms with Gasteiger partial charge in [-0.15, -0.1) is 0 Å². The minimum absolute atomic E-state index is 0.621. The summed E-state index contributed by atoms with van der Waals surface area (Å²) in [5.74, 6) is 0. The summed E-state index contributed by atoms with van der Waals surface area (Å²) in [6.07, 6.45) is 4.28. The molecule has 0 N–H and O–H groups in total. The molecule has 72 valence electrons. The van der Waals surface area contributed by atoms with Gasteiger partial charge >= 0.3 is 0 Å². The lowest BCUT2D eigenvalue weighted by atomic mass is 10.2. The van der Waals surface area contributed by atoms with Gasteiger partial charge in [-0.3, -0.25) is 0 Å². The van der Waals surface area contributed by atoms with E-state index in [1.807, 2.05) is 24.3 Å². The van der Waals surface area contributed by atoms with Crippen molar-refractivity contribution in [3.05, 3.63) is 48.1 Å². The van der Waals surface area contributed by atoms with Crippen LogP contribution in [0.25, 0.3) is 22.3 Å². The van der Waals surface area contributed by atoms with Crippen molar-refractivity contribution in [1.82, 2.24) is 9.97 Å². The van der Waals surface area contributed by atoms with Crippen molar-refractivity contribution < 1.29 is 4.73 Å². The number of hydrogen-bond donors (Lipinski definition) is 0. The van der Waals surface area contributed by atoms with Crippen LogP contribution in [-0.4, -0.2) is 9.97 Å². The molecular formula is C11H7N3O. The standard InChI is InChI=1S/C11H7N3O/c15-14-6-5-12-11-8-3-1-2-4-9(8)13-10(11)7-14/h1-7H. The highest BCUT2D eigenvalue weighted by Gasteiger charge is 2.13. The van der Waals surface area contributed by atoms with Crippen molar-refractivity contribution in [2.75, 3.05) is 0 Å². The van der Waals surface area contributed by atoms with Crippen LogP contribution in [0, 0.1) is 5.21 Å². The molecule has 4 nitrogen and oxygen atoms in total. The van der Waals surface area contributed by atoms with Gasteiger partial charge in [0.2, 0.25) is 6.20 Å². The summed E-state index contributed by atoms with van der Waals surface area (Å²) in [4.78, 5) is 8.54. The van der Waals surface area contributed by atoms with E-state index in [1.54, 1.807) is 0 Å². The summed E-state index contributed by atoms with van der Waals surface area (Å²) < 4.78 is 0.710. The molecule has 2 heterocycles. The van der Waals surface area contributed by atoms with E-state index in [-0.39, 0.29) is 0 Å². The van der Waals surface area contributed by atoms with E-state index < -0.39 is 0 Å². The van der Waals surface area contributed by atoms with E-state index >= 15 is 0 Å². The zero-order valence-electron chi connectivity index (χ0n) is 7.79. The van der Waals surface area contributed by atoms with Crippen LogP contribution >= 0.6 is 0 Å². The summed E-state index contributed by atoms with van der Waals surface area (Å²) in [5.41, 5.74) is 2.25. The minimum Gasteiger partial charge on any atom is -0.619 e. The molecule has 0 spiro atoms. The Kier molecular flexibility index (Phi) is 1.56. The maximum absolute atomic E-state index is 11.2. The number of benzene rings is 1. The topological polar surface area (TPSA) is 52.7 Å². The Bertz CT molecular complexity index is 609. The molecule has 0 radical (unpaired) electrons. The van der Waals surface area contributed by atoms with Gasteiger partial charge in [0.05, 0.1) is 11.7 Å². The van der Waals surface area contributed by atoms with Crippen molar-refractivity contribution in [2.45, 2.75) is 0 Å². The first-order valence-corrected chi connectivity index (χ1v) is 4.58. The fourth-order valence-corrected chi connectivity index (χ4v) is 1.65. The van der Waals surface area contributed by atoms with Crippen LogP contribution < -0.4 is 4.73 Å². The molecule has 0 fully saturated rings. The minimum atomic E-state index is 0.621. The van der Waals surface area contributed by atoms with Gasteiger partial charge in [0.15, 0.2) is 11.9 Å². The second kappa shape index (κ2) is 2.88. The Labute approximate surface area is 85.8 Å². The van der Waals surface area contributed by atoms with E-state index in [0.29, 0.717) is 10.4 Å². The lowest BCUT2D eigenvalue weighted by molar-refractivity contribution is -0.604. The third-order valence-corrected chi connectivity index (χ3v) is 2.31. The highest BCUT2D eigenvalue weighted by atomic mass is 16.5. The molecule has 0 atom stereocenters. The molecule has 15 heavy (non-hydrogen) atoms. The van der Waals surface area contributed by atoms with E-state index in [0.717, 1.165) is 16.6 Å². The van der Waals surface area contributed by atoms with Gasteiger partial charge in [-0.1, -0.05) is 18.2 Å². The predicted octanol–water partition coefficient (Wildman–Crippen LogP) is 1.37. The van der Waals surface area contributed by atoms with Crippen LogP contribution in [0.1, 0.15) is 0 Å². The Morgan fingerprint density at radius 1 is 1.20 bits per heavy atom. The van der Waals surface area contributed by atoms with Crippen molar-refractivity contribution in [3.8, 4) is 11.4 Å². The smallest absolute Gasteiger partial charge is 0.208 e. The third kappa shape index (κ3) is 1.19. The first-order chi connectivity index (χ1) is 7.34. The Morgan fingerprint density at radius 3 is 3.00 bits per heavy atom. The van der Waals surface area contributed by atoms with E-state index in [9.17, 15) is 5.21 Å². The maximum Gasteiger partial charge on any atom is 0.208 e. The van der Waals surface area contributed by atoms with E-state index in [4.69, 9.17) is 0 Å². The number of para-hydroxylation sites is 1. The van der Waals surface area contributed by atoms with Crippen molar-refractivity contribution in [2.24, 2.45) is 0 Å². The lowest BCUT2D eigenvalue weighted by Crippen LogP contribution is -2.22. The fraction of sp³-hybridized carbons (Fsp3) is 0. The van der Waals surface area contributed by atoms with Crippen LogP contribution in [0.3, 0.4) is 0 Å². The molecule has 0 amide bonds. The Hall–Kier alpha value is -2.23. The molecule has 0 saturated heterocycles. The molecule has 0 bridgehead atoms. The average molecular weight is 197 g/mol. The van der Waals surface area contributed by atoms with Gasteiger partial charge in [0, 0.05) is 5.39 Å². The molecule has 1 aromatic carbocycles. The first kappa shape index (κ1) is 8.11. The van der Waals surface area contributed by atoms with Crippen molar-refractivity contribution >= 4 is 10.9 Å². The largest absolute Gasteiger partial charge is 0.619 e. The molecular weight excluding hydrogens is 190 g/mol. The molecule has 0 unspecified atom stereocenters. The predicted molar refractivity (Wildman–Crippen MR) is 55.1 cm³/mol. The Morgan fingerprint density at radius 2 is 2.07 bits per heavy atom. The quantitative estimate of drug-likeness (QED) is 0.404. The number of aromatic nitrogens is 3. The molecule has 1 aromatic rings. The molecule has 0 aromatic heterocycles. The van der Waals surface area contributed by atoms with Crippen LogP contribution in [0.5, 0.6) is 0 Å². The summed E-state index contributed by atoms with van der Waals surface area (Å²) in [6.45, 7) is 0. The molecule has 0 saturated carbocycles. The summed E-state index contributed by atoms with van der Waals surface area (Å²) in [7, 11) is 0. The average Bonchev–Trinajstić information content (AvgIpc) is 2.46. The zero-order chi connectivity index (χ0) is 10.3. The SMILES string of the molecule is [O-][n+]1ccnc2c3ccccc3nc-2c1. The lowest BCUT2D eigenvalue weighted by Gasteiger charge is -1.88. The molecule has 2 aliphatic rings. The highest BCUT2D eigenvalue weighted by molar-refractivity contribution is 5.94. The van der Waals surface area contributed by atoms with Gasteiger partial charge in [-0.2, -0.15) is 4.73 Å².